The third kappa shape index (κ3) is 6.25. The average molecular weight is 516 g/mol. The lowest BCUT2D eigenvalue weighted by Crippen LogP contribution is -2.26. The molecule has 0 aliphatic rings. The first kappa shape index (κ1) is 25.0. The molecule has 0 spiro atoms. The first-order valence-electron chi connectivity index (χ1n) is 9.27. The van der Waals surface area contributed by atoms with Crippen LogP contribution < -0.4 is 5.32 Å². The number of fused-ring (bicyclic) bond motifs is 1. The third-order valence-corrected chi connectivity index (χ3v) is 7.24. The fraction of sp³-hybridized carbons (Fsp3) is 0.143. The first-order valence-corrected chi connectivity index (χ1v) is 12.2. The minimum atomic E-state index is -4.72. The molecule has 2 unspecified atom stereocenters. The number of thiophene rings is 1. The van der Waals surface area contributed by atoms with Crippen molar-refractivity contribution in [1.29, 1.82) is 0 Å². The summed E-state index contributed by atoms with van der Waals surface area (Å²) in [5.41, 5.74) is -1.27. The molecule has 0 aliphatic carbocycles. The van der Waals surface area contributed by atoms with Crippen molar-refractivity contribution >= 4 is 58.6 Å². The van der Waals surface area contributed by atoms with Crippen LogP contribution in [0.25, 0.3) is 16.2 Å². The lowest BCUT2D eigenvalue weighted by molar-refractivity contribution is -0.147. The summed E-state index contributed by atoms with van der Waals surface area (Å²) in [4.78, 5) is 34.5. The Kier molecular flexibility index (Phi) is 7.99. The van der Waals surface area contributed by atoms with Gasteiger partial charge in [0.1, 0.15) is 0 Å². The highest BCUT2D eigenvalue weighted by molar-refractivity contribution is 7.54. The second-order valence-corrected chi connectivity index (χ2v) is 9.95. The Bertz CT molecular complexity index is 1280. The Morgan fingerprint density at radius 2 is 2.00 bits per heavy atom. The van der Waals surface area contributed by atoms with Crippen LogP contribution in [0.2, 0.25) is 5.02 Å². The number of esters is 1. The van der Waals surface area contributed by atoms with Crippen molar-refractivity contribution in [3.63, 3.8) is 0 Å². The van der Waals surface area contributed by atoms with Crippen LogP contribution in [0.3, 0.4) is 0 Å². The largest absolute Gasteiger partial charge is 0.438 e. The highest BCUT2D eigenvalue weighted by Gasteiger charge is 2.41. The fourth-order valence-corrected chi connectivity index (χ4v) is 5.40. The summed E-state index contributed by atoms with van der Waals surface area (Å²) in [6.45, 7) is 0.258. The number of benzene rings is 2. The fourth-order valence-electron chi connectivity index (χ4n) is 2.87. The van der Waals surface area contributed by atoms with E-state index in [4.69, 9.17) is 16.1 Å². The maximum atomic E-state index is 13.4. The molecule has 0 radical (unpaired) electrons. The molecule has 1 aromatic heterocycles. The van der Waals surface area contributed by atoms with Gasteiger partial charge in [-0.05, 0) is 58.3 Å². The average Bonchev–Trinajstić information content (AvgIpc) is 3.12. The van der Waals surface area contributed by atoms with Gasteiger partial charge in [-0.2, -0.15) is 0 Å². The van der Waals surface area contributed by atoms with Gasteiger partial charge in [0.2, 0.25) is 12.7 Å². The lowest BCUT2D eigenvalue weighted by Gasteiger charge is -2.21. The van der Waals surface area contributed by atoms with E-state index in [-0.39, 0.29) is 11.1 Å². The number of halogens is 3. The maximum absolute atomic E-state index is 13.4. The molecule has 2 N–H and O–H groups in total. The third-order valence-electron chi connectivity index (χ3n) is 4.38. The van der Waals surface area contributed by atoms with Crippen LogP contribution in [-0.4, -0.2) is 23.6 Å². The van der Waals surface area contributed by atoms with Crippen molar-refractivity contribution in [3.8, 4) is 0 Å². The molecule has 1 amide bonds. The van der Waals surface area contributed by atoms with E-state index in [1.54, 1.807) is 18.2 Å². The number of rotatable bonds is 8. The van der Waals surface area contributed by atoms with Gasteiger partial charge in [0.15, 0.2) is 17.3 Å². The number of hydrogen-bond donors (Lipinski definition) is 2. The molecular formula is C21H17ClF2NO6PS. The topological polar surface area (TPSA) is 102 Å². The van der Waals surface area contributed by atoms with E-state index in [9.17, 15) is 27.8 Å². The van der Waals surface area contributed by atoms with Gasteiger partial charge >= 0.3 is 13.6 Å². The second-order valence-electron chi connectivity index (χ2n) is 6.70. The predicted octanol–water partition coefficient (Wildman–Crippen LogP) is 5.38. The van der Waals surface area contributed by atoms with Crippen molar-refractivity contribution in [2.24, 2.45) is 0 Å². The van der Waals surface area contributed by atoms with Gasteiger partial charge in [0, 0.05) is 22.8 Å². The summed E-state index contributed by atoms with van der Waals surface area (Å²) < 4.78 is 49.6. The molecule has 0 fully saturated rings. The van der Waals surface area contributed by atoms with Crippen LogP contribution >= 0.6 is 30.5 Å². The Hall–Kier alpha value is -2.62. The molecule has 0 saturated heterocycles. The Morgan fingerprint density at radius 3 is 2.70 bits per heavy atom. The molecule has 12 heteroatoms. The van der Waals surface area contributed by atoms with Crippen LogP contribution in [0.4, 0.5) is 8.78 Å². The normalized spacial score (nSPS) is 14.2. The number of carbonyl (C=O) groups excluding carboxylic acids is 2. The molecule has 174 valence electrons. The van der Waals surface area contributed by atoms with Crippen molar-refractivity contribution < 1.29 is 37.1 Å². The molecule has 0 aliphatic heterocycles. The molecule has 7 nitrogen and oxygen atoms in total. The van der Waals surface area contributed by atoms with Crippen LogP contribution in [0, 0.1) is 11.6 Å². The van der Waals surface area contributed by atoms with Gasteiger partial charge in [-0.25, -0.2) is 8.78 Å². The molecule has 2 atom stereocenters. The summed E-state index contributed by atoms with van der Waals surface area (Å²) in [5, 5.41) is 4.71. The van der Waals surface area contributed by atoms with Gasteiger partial charge < -0.3 is 14.9 Å². The molecule has 33 heavy (non-hydrogen) atoms. The minimum Gasteiger partial charge on any atom is -0.438 e. The quantitative estimate of drug-likeness (QED) is 0.237. The molecular weight excluding hydrogens is 499 g/mol. The van der Waals surface area contributed by atoms with E-state index in [1.165, 1.54) is 28.9 Å². The van der Waals surface area contributed by atoms with Crippen molar-refractivity contribution in [2.75, 3.05) is 6.79 Å². The van der Waals surface area contributed by atoms with Crippen molar-refractivity contribution in [2.45, 2.75) is 12.6 Å². The summed E-state index contributed by atoms with van der Waals surface area (Å²) in [6.07, 6.45) is 2.40. The van der Waals surface area contributed by atoms with Crippen LogP contribution in [0.15, 0.2) is 48.0 Å². The monoisotopic (exact) mass is 515 g/mol. The summed E-state index contributed by atoms with van der Waals surface area (Å²) in [6, 6.07) is 8.01. The van der Waals surface area contributed by atoms with Crippen molar-refractivity contribution in [3.05, 3.63) is 75.8 Å². The lowest BCUT2D eigenvalue weighted by atomic mass is 10.1. The van der Waals surface area contributed by atoms with E-state index >= 15 is 0 Å². The predicted molar refractivity (Wildman–Crippen MR) is 121 cm³/mol. The first-order chi connectivity index (χ1) is 15.6. The molecule has 1 heterocycles. The van der Waals surface area contributed by atoms with Crippen molar-refractivity contribution in [1.82, 2.24) is 5.32 Å². The Labute approximate surface area is 196 Å². The molecule has 3 rings (SSSR count). The highest BCUT2D eigenvalue weighted by atomic mass is 35.5. The van der Waals surface area contributed by atoms with Crippen LogP contribution in [0.1, 0.15) is 23.7 Å². The van der Waals surface area contributed by atoms with Gasteiger partial charge in [0.05, 0.1) is 0 Å². The summed E-state index contributed by atoms with van der Waals surface area (Å²) >= 11 is 7.29. The number of ether oxygens (including phenoxy) is 1. The van der Waals surface area contributed by atoms with E-state index in [0.717, 1.165) is 25.3 Å². The van der Waals surface area contributed by atoms with Gasteiger partial charge in [-0.1, -0.05) is 17.7 Å². The number of carbonyl (C=O) groups is 2. The standard InChI is InChI=1S/C21H17ClF2NO6PS/c1-12(26)30-11-31-32(28,29)20(16-10-33-19-5-3-14(22)9-15(16)19)21(27)25-7-6-13-2-4-17(23)18(24)8-13/h2-10,20H,11H2,1H3,(H,25,27)(H,28,29)/b7-6+. The second kappa shape index (κ2) is 10.5. The molecule has 0 bridgehead atoms. The molecule has 2 aromatic carbocycles. The van der Waals surface area contributed by atoms with Gasteiger partial charge in [0.25, 0.3) is 0 Å². The van der Waals surface area contributed by atoms with E-state index < -0.39 is 43.6 Å². The van der Waals surface area contributed by atoms with Gasteiger partial charge in [-0.15, -0.1) is 11.3 Å². The number of nitrogens with one attached hydrogen (secondary N) is 1. The Balaban J connectivity index is 1.91. The Morgan fingerprint density at radius 1 is 1.24 bits per heavy atom. The summed E-state index contributed by atoms with van der Waals surface area (Å²) in [7, 11) is -4.72. The molecule has 3 aromatic rings. The van der Waals surface area contributed by atoms with Crippen LogP contribution in [0.5, 0.6) is 0 Å². The summed E-state index contributed by atoms with van der Waals surface area (Å²) in [5.74, 6) is -3.74. The number of amides is 1. The smallest absolute Gasteiger partial charge is 0.347 e. The maximum Gasteiger partial charge on any atom is 0.347 e. The minimum absolute atomic E-state index is 0.185. The van der Waals surface area contributed by atoms with E-state index in [2.05, 4.69) is 10.1 Å². The SMILES string of the molecule is CC(=O)OCOP(=O)(O)C(C(=O)N/C=C/c1ccc(F)c(F)c1)c1csc2ccc(Cl)cc12. The van der Waals surface area contributed by atoms with Gasteiger partial charge in [-0.3, -0.25) is 18.7 Å². The highest BCUT2D eigenvalue weighted by Crippen LogP contribution is 2.58. The number of hydrogen-bond acceptors (Lipinski definition) is 6. The van der Waals surface area contributed by atoms with E-state index in [1.807, 2.05) is 0 Å². The zero-order valence-corrected chi connectivity index (χ0v) is 19.4. The van der Waals surface area contributed by atoms with Crippen LogP contribution in [-0.2, 0) is 23.4 Å². The van der Waals surface area contributed by atoms with E-state index in [0.29, 0.717) is 15.1 Å². The zero-order valence-electron chi connectivity index (χ0n) is 17.0. The zero-order chi connectivity index (χ0) is 24.2. The molecule has 0 saturated carbocycles.